The summed E-state index contributed by atoms with van der Waals surface area (Å²) in [7, 11) is 0. The van der Waals surface area contributed by atoms with Crippen LogP contribution in [0, 0.1) is 0 Å². The van der Waals surface area contributed by atoms with Crippen LogP contribution in [0.3, 0.4) is 0 Å². The third-order valence-electron chi connectivity index (χ3n) is 3.62. The van der Waals surface area contributed by atoms with Gasteiger partial charge in [-0.3, -0.25) is 9.59 Å². The summed E-state index contributed by atoms with van der Waals surface area (Å²) in [4.78, 5) is 22.6. The molecule has 0 bridgehead atoms. The molecule has 1 unspecified atom stereocenters. The van der Waals surface area contributed by atoms with E-state index in [1.807, 2.05) is 6.92 Å². The van der Waals surface area contributed by atoms with Crippen LogP contribution in [0.15, 0.2) is 0 Å². The van der Waals surface area contributed by atoms with E-state index < -0.39 is 6.04 Å². The molecule has 0 aromatic rings. The van der Waals surface area contributed by atoms with Crippen molar-refractivity contribution in [1.82, 2.24) is 0 Å². The Kier molecular flexibility index (Phi) is 20.5. The minimum atomic E-state index is -0.514. The fourth-order valence-corrected chi connectivity index (χ4v) is 2.19. The molecule has 0 aliphatic rings. The zero-order valence-corrected chi connectivity index (χ0v) is 18.0. The summed E-state index contributed by atoms with van der Waals surface area (Å²) in [6.07, 6.45) is 3.26. The molecule has 0 spiro atoms. The summed E-state index contributed by atoms with van der Waals surface area (Å²) in [6, 6.07) is -0.514. The lowest BCUT2D eigenvalue weighted by molar-refractivity contribution is -0.143. The molecule has 0 aromatic carbocycles. The molecule has 0 fully saturated rings. The summed E-state index contributed by atoms with van der Waals surface area (Å²) < 4.78 is 26.6. The van der Waals surface area contributed by atoms with Crippen molar-refractivity contribution in [2.24, 2.45) is 5.73 Å². The number of carbonyl (C=O) groups is 2. The Morgan fingerprint density at radius 1 is 0.786 bits per heavy atom. The molecule has 2 N–H and O–H groups in total. The number of thiol groups is 1. The standard InChI is InChI=1S/C19H37NO7S/c1-2-5-19(22)27-8-4-3-7-23-10-12-25-14-15-26-13-11-24-9-6-18(21)17(20)16-28/h17,28H,2-16,20H2,1H3. The van der Waals surface area contributed by atoms with Crippen LogP contribution in [-0.4, -0.2) is 83.0 Å². The number of nitrogens with two attached hydrogens (primary N) is 1. The molecule has 0 heterocycles. The highest BCUT2D eigenvalue weighted by atomic mass is 32.1. The highest BCUT2D eigenvalue weighted by molar-refractivity contribution is 7.80. The maximum Gasteiger partial charge on any atom is 0.305 e. The van der Waals surface area contributed by atoms with Gasteiger partial charge in [0.1, 0.15) is 0 Å². The number of hydrogen-bond donors (Lipinski definition) is 2. The first-order valence-corrected chi connectivity index (χ1v) is 10.6. The molecule has 9 heteroatoms. The van der Waals surface area contributed by atoms with Gasteiger partial charge in [0.15, 0.2) is 5.78 Å². The molecule has 8 nitrogen and oxygen atoms in total. The summed E-state index contributed by atoms with van der Waals surface area (Å²) in [5, 5.41) is 0. The molecule has 0 saturated carbocycles. The lowest BCUT2D eigenvalue weighted by Crippen LogP contribution is -2.32. The Hall–Kier alpha value is -0.710. The second-order valence-corrected chi connectivity index (χ2v) is 6.50. The molecule has 1 atom stereocenters. The van der Waals surface area contributed by atoms with Crippen molar-refractivity contribution in [3.8, 4) is 0 Å². The van der Waals surface area contributed by atoms with E-state index in [1.165, 1.54) is 0 Å². The maximum absolute atomic E-state index is 11.4. The van der Waals surface area contributed by atoms with E-state index in [2.05, 4.69) is 12.6 Å². The number of carbonyl (C=O) groups excluding carboxylic acids is 2. The molecular formula is C19H37NO7S. The van der Waals surface area contributed by atoms with Crippen molar-refractivity contribution < 1.29 is 33.3 Å². The maximum atomic E-state index is 11.4. The number of unbranched alkanes of at least 4 members (excludes halogenated alkanes) is 1. The van der Waals surface area contributed by atoms with E-state index in [0.29, 0.717) is 78.1 Å². The second kappa shape index (κ2) is 21.0. The van der Waals surface area contributed by atoms with Crippen molar-refractivity contribution >= 4 is 24.4 Å². The van der Waals surface area contributed by atoms with Crippen LogP contribution in [0.1, 0.15) is 39.0 Å². The van der Waals surface area contributed by atoms with Gasteiger partial charge in [0, 0.05) is 25.2 Å². The third kappa shape index (κ3) is 18.6. The largest absolute Gasteiger partial charge is 0.466 e. The molecule has 0 aliphatic heterocycles. The molecular weight excluding hydrogens is 386 g/mol. The zero-order valence-electron chi connectivity index (χ0n) is 17.1. The molecule has 0 rings (SSSR count). The minimum Gasteiger partial charge on any atom is -0.466 e. The average molecular weight is 424 g/mol. The van der Waals surface area contributed by atoms with Gasteiger partial charge in [-0.25, -0.2) is 0 Å². The number of ether oxygens (including phenoxy) is 5. The first kappa shape index (κ1) is 27.3. The monoisotopic (exact) mass is 423 g/mol. The molecule has 0 aliphatic carbocycles. The number of esters is 1. The van der Waals surface area contributed by atoms with E-state index in [4.69, 9.17) is 29.4 Å². The fourth-order valence-electron chi connectivity index (χ4n) is 1.99. The van der Waals surface area contributed by atoms with Gasteiger partial charge in [0.2, 0.25) is 0 Å². The molecule has 28 heavy (non-hydrogen) atoms. The van der Waals surface area contributed by atoms with Crippen LogP contribution >= 0.6 is 12.6 Å². The first-order chi connectivity index (χ1) is 13.6. The van der Waals surface area contributed by atoms with Gasteiger partial charge in [-0.1, -0.05) is 6.92 Å². The number of ketones is 1. The first-order valence-electron chi connectivity index (χ1n) is 9.97. The van der Waals surface area contributed by atoms with E-state index in [0.717, 1.165) is 19.3 Å². The highest BCUT2D eigenvalue weighted by Crippen LogP contribution is 1.96. The molecule has 0 amide bonds. The van der Waals surface area contributed by atoms with Crippen molar-refractivity contribution in [3.63, 3.8) is 0 Å². The smallest absolute Gasteiger partial charge is 0.305 e. The van der Waals surface area contributed by atoms with Crippen molar-refractivity contribution in [3.05, 3.63) is 0 Å². The van der Waals surface area contributed by atoms with E-state index >= 15 is 0 Å². The lowest BCUT2D eigenvalue weighted by Gasteiger charge is -2.09. The van der Waals surface area contributed by atoms with Crippen LogP contribution in [-0.2, 0) is 33.3 Å². The Bertz CT molecular complexity index is 385. The quantitative estimate of drug-likeness (QED) is 0.162. The van der Waals surface area contributed by atoms with Crippen molar-refractivity contribution in [2.75, 3.05) is 65.2 Å². The van der Waals surface area contributed by atoms with Gasteiger partial charge in [-0.15, -0.1) is 0 Å². The van der Waals surface area contributed by atoms with Crippen LogP contribution < -0.4 is 5.73 Å². The Balaban J connectivity index is 3.14. The number of rotatable bonds is 21. The summed E-state index contributed by atoms with van der Waals surface area (Å²) in [6.45, 7) is 6.28. The molecule has 166 valence electrons. The normalized spacial score (nSPS) is 12.1. The van der Waals surface area contributed by atoms with E-state index in [9.17, 15) is 9.59 Å². The van der Waals surface area contributed by atoms with Crippen LogP contribution in [0.4, 0.5) is 0 Å². The van der Waals surface area contributed by atoms with Crippen molar-refractivity contribution in [2.45, 2.75) is 45.1 Å². The predicted molar refractivity (Wildman–Crippen MR) is 110 cm³/mol. The van der Waals surface area contributed by atoms with Gasteiger partial charge in [0.05, 0.1) is 58.9 Å². The van der Waals surface area contributed by atoms with Gasteiger partial charge in [-0.2, -0.15) is 12.6 Å². The fraction of sp³-hybridized carbons (Fsp3) is 0.895. The highest BCUT2D eigenvalue weighted by Gasteiger charge is 2.10. The molecule has 0 aromatic heterocycles. The van der Waals surface area contributed by atoms with Gasteiger partial charge in [0.25, 0.3) is 0 Å². The SMILES string of the molecule is CCCC(=O)OCCCCOCCOCCOCCOCCC(=O)C(N)CS. The van der Waals surface area contributed by atoms with Gasteiger partial charge in [-0.05, 0) is 19.3 Å². The van der Waals surface area contributed by atoms with Gasteiger partial charge >= 0.3 is 5.97 Å². The summed E-state index contributed by atoms with van der Waals surface area (Å²) >= 11 is 3.98. The van der Waals surface area contributed by atoms with Crippen LogP contribution in [0.2, 0.25) is 0 Å². The lowest BCUT2D eigenvalue weighted by atomic mass is 10.2. The predicted octanol–water partition coefficient (Wildman–Crippen LogP) is 1.39. The van der Waals surface area contributed by atoms with Crippen LogP contribution in [0.5, 0.6) is 0 Å². The van der Waals surface area contributed by atoms with Crippen molar-refractivity contribution in [1.29, 1.82) is 0 Å². The number of hydrogen-bond acceptors (Lipinski definition) is 9. The Morgan fingerprint density at radius 2 is 1.29 bits per heavy atom. The topological polar surface area (TPSA) is 106 Å². The zero-order chi connectivity index (χ0) is 20.9. The summed E-state index contributed by atoms with van der Waals surface area (Å²) in [5.74, 6) is 0.181. The molecule has 0 radical (unpaired) electrons. The van der Waals surface area contributed by atoms with E-state index in [-0.39, 0.29) is 11.8 Å². The minimum absolute atomic E-state index is 0.0399. The third-order valence-corrected chi connectivity index (χ3v) is 4.01. The Morgan fingerprint density at radius 3 is 1.82 bits per heavy atom. The van der Waals surface area contributed by atoms with Gasteiger partial charge < -0.3 is 29.4 Å². The molecule has 0 saturated heterocycles. The van der Waals surface area contributed by atoms with Crippen LogP contribution in [0.25, 0.3) is 0 Å². The average Bonchev–Trinajstić information content (AvgIpc) is 2.69. The second-order valence-electron chi connectivity index (χ2n) is 6.13. The number of Topliss-reactive ketones (excluding diaryl/α,β-unsaturated/α-hetero) is 1. The van der Waals surface area contributed by atoms with E-state index in [1.54, 1.807) is 0 Å². The summed E-state index contributed by atoms with van der Waals surface area (Å²) in [5.41, 5.74) is 5.56. The Labute approximate surface area is 174 Å².